The minimum Gasteiger partial charge on any atom is -0.340 e. The summed E-state index contributed by atoms with van der Waals surface area (Å²) in [5, 5.41) is 8.31. The van der Waals surface area contributed by atoms with E-state index in [-0.39, 0.29) is 19.5 Å². The minimum atomic E-state index is -4.80. The van der Waals surface area contributed by atoms with Gasteiger partial charge in [-0.05, 0) is 13.8 Å². The summed E-state index contributed by atoms with van der Waals surface area (Å²) in [7, 11) is 0. The number of nitrogens with two attached hydrogens (primary N) is 1. The van der Waals surface area contributed by atoms with Crippen LogP contribution in [-0.4, -0.2) is 35.6 Å². The predicted octanol–water partition coefficient (Wildman–Crippen LogP) is 1.03. The number of amides is 1. The molecule has 0 bridgehead atoms. The molecule has 0 aliphatic carbocycles. The molecular weight excluding hydrogens is 223 g/mol. The van der Waals surface area contributed by atoms with Gasteiger partial charge in [-0.15, -0.1) is 0 Å². The quantitative estimate of drug-likeness (QED) is 0.793. The first kappa shape index (κ1) is 14.7. The minimum absolute atomic E-state index is 0.0203. The van der Waals surface area contributed by atoms with Crippen molar-refractivity contribution in [1.82, 2.24) is 4.90 Å². The van der Waals surface area contributed by atoms with Crippen molar-refractivity contribution in [3.05, 3.63) is 0 Å². The summed E-state index contributed by atoms with van der Waals surface area (Å²) in [6, 6.07) is 1.76. The molecule has 1 amide bonds. The zero-order valence-corrected chi connectivity index (χ0v) is 9.14. The molecule has 2 N–H and O–H groups in total. The van der Waals surface area contributed by atoms with Crippen LogP contribution in [0.3, 0.4) is 0 Å². The van der Waals surface area contributed by atoms with Crippen LogP contribution in [-0.2, 0) is 4.79 Å². The zero-order valence-electron chi connectivity index (χ0n) is 9.14. The zero-order chi connectivity index (χ0) is 13.0. The Labute approximate surface area is 91.8 Å². The normalized spacial score (nSPS) is 15.1. The topological polar surface area (TPSA) is 70.1 Å². The van der Waals surface area contributed by atoms with E-state index in [4.69, 9.17) is 11.0 Å². The monoisotopic (exact) mass is 237 g/mol. The Balaban J connectivity index is 4.82. The van der Waals surface area contributed by atoms with Crippen molar-refractivity contribution in [2.45, 2.75) is 32.0 Å². The number of halogens is 3. The highest BCUT2D eigenvalue weighted by atomic mass is 19.4. The van der Waals surface area contributed by atoms with Crippen molar-refractivity contribution in [3.63, 3.8) is 0 Å². The highest BCUT2D eigenvalue weighted by Crippen LogP contribution is 2.29. The summed E-state index contributed by atoms with van der Waals surface area (Å²) in [6.45, 7) is 2.20. The van der Waals surface area contributed by atoms with Crippen molar-refractivity contribution in [3.8, 4) is 6.07 Å². The standard InChI is InChI=1S/C9H14F3N3O/c1-3-15(6-4-5-13)7(16)8(2,14)9(10,11)12/h3-4,6,14H2,1-2H3. The Kier molecular flexibility index (Phi) is 4.75. The molecule has 0 heterocycles. The van der Waals surface area contributed by atoms with E-state index in [1.165, 1.54) is 6.92 Å². The molecule has 0 aromatic carbocycles. The van der Waals surface area contributed by atoms with Gasteiger partial charge in [-0.3, -0.25) is 4.79 Å². The Bertz CT molecular complexity index is 293. The SMILES string of the molecule is CCN(CCC#N)C(=O)C(C)(N)C(F)(F)F. The van der Waals surface area contributed by atoms with Crippen LogP contribution < -0.4 is 5.73 Å². The van der Waals surface area contributed by atoms with Crippen LogP contribution in [0.5, 0.6) is 0 Å². The molecule has 0 aliphatic rings. The Hall–Kier alpha value is -1.29. The average Bonchev–Trinajstić information content (AvgIpc) is 2.16. The molecule has 92 valence electrons. The Morgan fingerprint density at radius 1 is 1.50 bits per heavy atom. The number of likely N-dealkylation sites (N-methyl/N-ethyl adjacent to an activating group) is 1. The molecule has 0 saturated carbocycles. The molecule has 0 radical (unpaired) electrons. The molecule has 16 heavy (non-hydrogen) atoms. The molecule has 7 heteroatoms. The van der Waals surface area contributed by atoms with Gasteiger partial charge in [-0.1, -0.05) is 0 Å². The van der Waals surface area contributed by atoms with E-state index in [1.54, 1.807) is 6.07 Å². The van der Waals surface area contributed by atoms with Crippen molar-refractivity contribution in [2.75, 3.05) is 13.1 Å². The maximum Gasteiger partial charge on any atom is 0.415 e. The van der Waals surface area contributed by atoms with Gasteiger partial charge in [-0.2, -0.15) is 18.4 Å². The number of alkyl halides is 3. The molecule has 0 rings (SSSR count). The Morgan fingerprint density at radius 2 is 2.00 bits per heavy atom. The van der Waals surface area contributed by atoms with E-state index in [1.807, 2.05) is 0 Å². The fourth-order valence-electron chi connectivity index (χ4n) is 1.04. The lowest BCUT2D eigenvalue weighted by Gasteiger charge is -2.32. The average molecular weight is 237 g/mol. The largest absolute Gasteiger partial charge is 0.415 e. The molecule has 1 atom stereocenters. The lowest BCUT2D eigenvalue weighted by atomic mass is 10.0. The van der Waals surface area contributed by atoms with E-state index >= 15 is 0 Å². The van der Waals surface area contributed by atoms with Crippen molar-refractivity contribution < 1.29 is 18.0 Å². The summed E-state index contributed by atoms with van der Waals surface area (Å²) < 4.78 is 37.4. The van der Waals surface area contributed by atoms with Crippen LogP contribution in [0.1, 0.15) is 20.3 Å². The first-order chi connectivity index (χ1) is 7.18. The smallest absolute Gasteiger partial charge is 0.340 e. The van der Waals surface area contributed by atoms with Crippen molar-refractivity contribution in [2.24, 2.45) is 5.73 Å². The maximum atomic E-state index is 12.5. The number of nitriles is 1. The molecule has 0 aromatic rings. The van der Waals surface area contributed by atoms with Crippen LogP contribution in [0, 0.1) is 11.3 Å². The van der Waals surface area contributed by atoms with Crippen LogP contribution in [0.15, 0.2) is 0 Å². The van der Waals surface area contributed by atoms with Gasteiger partial charge in [0.25, 0.3) is 5.91 Å². The summed E-state index contributed by atoms with van der Waals surface area (Å²) in [4.78, 5) is 12.4. The summed E-state index contributed by atoms with van der Waals surface area (Å²) in [5.74, 6) is -1.21. The van der Waals surface area contributed by atoms with Crippen LogP contribution in [0.4, 0.5) is 13.2 Å². The number of carbonyl (C=O) groups is 1. The molecule has 1 unspecified atom stereocenters. The molecule has 0 fully saturated rings. The van der Waals surface area contributed by atoms with Gasteiger partial charge in [0.15, 0.2) is 5.54 Å². The van der Waals surface area contributed by atoms with Gasteiger partial charge < -0.3 is 10.6 Å². The van der Waals surface area contributed by atoms with Gasteiger partial charge >= 0.3 is 6.18 Å². The lowest BCUT2D eigenvalue weighted by molar-refractivity contribution is -0.193. The predicted molar refractivity (Wildman–Crippen MR) is 51.1 cm³/mol. The fourth-order valence-corrected chi connectivity index (χ4v) is 1.04. The van der Waals surface area contributed by atoms with Gasteiger partial charge in [-0.25, -0.2) is 0 Å². The number of nitrogens with zero attached hydrogens (tertiary/aromatic N) is 2. The number of hydrogen-bond acceptors (Lipinski definition) is 3. The third-order valence-corrected chi connectivity index (χ3v) is 2.20. The second-order valence-corrected chi connectivity index (χ2v) is 3.49. The molecular formula is C9H14F3N3O. The van der Waals surface area contributed by atoms with E-state index in [9.17, 15) is 18.0 Å². The van der Waals surface area contributed by atoms with E-state index in [0.717, 1.165) is 4.90 Å². The first-order valence-electron chi connectivity index (χ1n) is 4.70. The Morgan fingerprint density at radius 3 is 2.31 bits per heavy atom. The van der Waals surface area contributed by atoms with Gasteiger partial charge in [0.1, 0.15) is 0 Å². The van der Waals surface area contributed by atoms with Gasteiger partial charge in [0.2, 0.25) is 0 Å². The van der Waals surface area contributed by atoms with E-state index in [0.29, 0.717) is 6.92 Å². The van der Waals surface area contributed by atoms with E-state index in [2.05, 4.69) is 0 Å². The third kappa shape index (κ3) is 3.10. The van der Waals surface area contributed by atoms with E-state index < -0.39 is 17.6 Å². The number of hydrogen-bond donors (Lipinski definition) is 1. The van der Waals surface area contributed by atoms with Crippen LogP contribution in [0.2, 0.25) is 0 Å². The summed E-state index contributed by atoms with van der Waals surface area (Å²) in [6.07, 6.45) is -4.82. The highest BCUT2D eigenvalue weighted by Gasteiger charge is 2.55. The summed E-state index contributed by atoms with van der Waals surface area (Å²) in [5.41, 5.74) is 2.08. The number of rotatable bonds is 4. The molecule has 0 saturated heterocycles. The first-order valence-corrected chi connectivity index (χ1v) is 4.70. The maximum absolute atomic E-state index is 12.5. The highest BCUT2D eigenvalue weighted by molar-refractivity contribution is 5.86. The number of carbonyl (C=O) groups excluding carboxylic acids is 1. The van der Waals surface area contributed by atoms with Gasteiger partial charge in [0.05, 0.1) is 12.5 Å². The second kappa shape index (κ2) is 5.16. The second-order valence-electron chi connectivity index (χ2n) is 3.49. The van der Waals surface area contributed by atoms with Crippen molar-refractivity contribution >= 4 is 5.91 Å². The van der Waals surface area contributed by atoms with Gasteiger partial charge in [0, 0.05) is 13.1 Å². The fraction of sp³-hybridized carbons (Fsp3) is 0.778. The molecule has 0 aromatic heterocycles. The molecule has 0 aliphatic heterocycles. The van der Waals surface area contributed by atoms with Crippen molar-refractivity contribution in [1.29, 1.82) is 5.26 Å². The van der Waals surface area contributed by atoms with Crippen LogP contribution in [0.25, 0.3) is 0 Å². The lowest BCUT2D eigenvalue weighted by Crippen LogP contribution is -2.62. The molecule has 4 nitrogen and oxygen atoms in total. The molecule has 0 spiro atoms. The summed E-state index contributed by atoms with van der Waals surface area (Å²) >= 11 is 0. The van der Waals surface area contributed by atoms with Crippen LogP contribution >= 0.6 is 0 Å². The third-order valence-electron chi connectivity index (χ3n) is 2.20.